The number of unbranched alkanes of at least 4 members (excludes halogenated alkanes) is 7. The second-order valence-corrected chi connectivity index (χ2v) is 7.51. The third kappa shape index (κ3) is 6.76. The molecule has 0 aromatic carbocycles. The van der Waals surface area contributed by atoms with Gasteiger partial charge in [-0.2, -0.15) is 0 Å². The highest BCUT2D eigenvalue weighted by Gasteiger charge is 2.51. The molecule has 0 amide bonds. The number of hydrogen-bond donors (Lipinski definition) is 0. The van der Waals surface area contributed by atoms with Crippen molar-refractivity contribution < 1.29 is 9.53 Å². The van der Waals surface area contributed by atoms with E-state index in [1.54, 1.807) is 0 Å². The van der Waals surface area contributed by atoms with Gasteiger partial charge in [-0.05, 0) is 40.0 Å². The normalized spacial score (nSPS) is 17.0. The molecular weight excluding hydrogens is 248 g/mol. The first-order valence-electron chi connectivity index (χ1n) is 8.63. The number of hydrogen-bond acceptors (Lipinski definition) is 2. The van der Waals surface area contributed by atoms with Crippen LogP contribution in [0.4, 0.5) is 0 Å². The summed E-state index contributed by atoms with van der Waals surface area (Å²) in [7, 11) is 0. The Bertz CT molecular complexity index is 284. The summed E-state index contributed by atoms with van der Waals surface area (Å²) in [6.45, 7) is 8.12. The van der Waals surface area contributed by atoms with Gasteiger partial charge in [0, 0.05) is 0 Å². The van der Waals surface area contributed by atoms with Gasteiger partial charge in [0.2, 0.25) is 0 Å². The van der Waals surface area contributed by atoms with Gasteiger partial charge in [0.15, 0.2) is 0 Å². The Hall–Kier alpha value is -0.530. The lowest BCUT2D eigenvalue weighted by atomic mass is 9.97. The number of rotatable bonds is 10. The fourth-order valence-electron chi connectivity index (χ4n) is 2.69. The molecule has 1 aliphatic carbocycles. The highest BCUT2D eigenvalue weighted by molar-refractivity contribution is 5.80. The number of carbonyl (C=O) groups is 1. The molecule has 1 fully saturated rings. The van der Waals surface area contributed by atoms with Crippen LogP contribution in [0.15, 0.2) is 0 Å². The first-order chi connectivity index (χ1) is 9.40. The molecule has 1 saturated carbocycles. The molecular formula is C18H34O2. The fourth-order valence-corrected chi connectivity index (χ4v) is 2.69. The maximum Gasteiger partial charge on any atom is 0.312 e. The zero-order chi connectivity index (χ0) is 15.1. The van der Waals surface area contributed by atoms with Crippen LogP contribution in [-0.4, -0.2) is 11.6 Å². The summed E-state index contributed by atoms with van der Waals surface area (Å²) in [6, 6.07) is 0. The van der Waals surface area contributed by atoms with E-state index in [1.807, 2.05) is 20.8 Å². The van der Waals surface area contributed by atoms with Crippen LogP contribution in [0, 0.1) is 5.41 Å². The van der Waals surface area contributed by atoms with Crippen molar-refractivity contribution in [2.45, 2.75) is 104 Å². The summed E-state index contributed by atoms with van der Waals surface area (Å²) >= 11 is 0. The number of ether oxygens (including phenoxy) is 1. The SMILES string of the molecule is CCCCCCCCCCC1(C(=O)OC(C)(C)C)CC1. The van der Waals surface area contributed by atoms with E-state index in [1.165, 1.54) is 51.4 Å². The highest BCUT2D eigenvalue weighted by atomic mass is 16.6. The van der Waals surface area contributed by atoms with Gasteiger partial charge in [0.1, 0.15) is 5.60 Å². The van der Waals surface area contributed by atoms with Gasteiger partial charge in [-0.3, -0.25) is 4.79 Å². The van der Waals surface area contributed by atoms with Crippen LogP contribution in [0.3, 0.4) is 0 Å². The zero-order valence-electron chi connectivity index (χ0n) is 14.1. The van der Waals surface area contributed by atoms with Gasteiger partial charge in [-0.25, -0.2) is 0 Å². The molecule has 1 aliphatic rings. The van der Waals surface area contributed by atoms with Gasteiger partial charge < -0.3 is 4.74 Å². The van der Waals surface area contributed by atoms with Gasteiger partial charge in [-0.1, -0.05) is 58.3 Å². The Morgan fingerprint density at radius 2 is 1.45 bits per heavy atom. The van der Waals surface area contributed by atoms with E-state index < -0.39 is 0 Å². The molecule has 0 aromatic rings. The van der Waals surface area contributed by atoms with E-state index in [9.17, 15) is 4.79 Å². The quantitative estimate of drug-likeness (QED) is 0.383. The molecule has 0 spiro atoms. The molecule has 1 rings (SSSR count). The maximum absolute atomic E-state index is 12.2. The van der Waals surface area contributed by atoms with E-state index in [-0.39, 0.29) is 17.0 Å². The molecule has 0 N–H and O–H groups in total. The molecule has 2 heteroatoms. The third-order valence-electron chi connectivity index (χ3n) is 4.19. The Morgan fingerprint density at radius 3 is 1.90 bits per heavy atom. The Morgan fingerprint density at radius 1 is 0.950 bits per heavy atom. The van der Waals surface area contributed by atoms with Crippen molar-refractivity contribution in [3.05, 3.63) is 0 Å². The lowest BCUT2D eigenvalue weighted by Crippen LogP contribution is -2.29. The predicted molar refractivity (Wildman–Crippen MR) is 84.7 cm³/mol. The lowest BCUT2D eigenvalue weighted by Gasteiger charge is -2.23. The molecule has 0 atom stereocenters. The first-order valence-corrected chi connectivity index (χ1v) is 8.63. The van der Waals surface area contributed by atoms with Crippen molar-refractivity contribution >= 4 is 5.97 Å². The summed E-state index contributed by atoms with van der Waals surface area (Å²) in [5, 5.41) is 0. The Kier molecular flexibility index (Phi) is 7.05. The summed E-state index contributed by atoms with van der Waals surface area (Å²) in [4.78, 5) is 12.2. The topological polar surface area (TPSA) is 26.3 Å². The fraction of sp³-hybridized carbons (Fsp3) is 0.944. The van der Waals surface area contributed by atoms with Crippen LogP contribution in [-0.2, 0) is 9.53 Å². The Labute approximate surface area is 125 Å². The summed E-state index contributed by atoms with van der Waals surface area (Å²) < 4.78 is 5.55. The largest absolute Gasteiger partial charge is 0.460 e. The molecule has 0 unspecified atom stereocenters. The average molecular weight is 282 g/mol. The van der Waals surface area contributed by atoms with E-state index in [0.29, 0.717) is 0 Å². The number of carbonyl (C=O) groups excluding carboxylic acids is 1. The van der Waals surface area contributed by atoms with Gasteiger partial charge >= 0.3 is 5.97 Å². The Balaban J connectivity index is 2.08. The monoisotopic (exact) mass is 282 g/mol. The molecule has 20 heavy (non-hydrogen) atoms. The van der Waals surface area contributed by atoms with Crippen molar-refractivity contribution in [3.63, 3.8) is 0 Å². The van der Waals surface area contributed by atoms with Crippen LogP contribution >= 0.6 is 0 Å². The van der Waals surface area contributed by atoms with E-state index in [0.717, 1.165) is 19.3 Å². The minimum atomic E-state index is -0.341. The van der Waals surface area contributed by atoms with Crippen LogP contribution in [0.25, 0.3) is 0 Å². The first kappa shape index (κ1) is 17.5. The summed E-state index contributed by atoms with van der Waals surface area (Å²) in [5.74, 6) is 0.0490. The van der Waals surface area contributed by atoms with Gasteiger partial charge in [-0.15, -0.1) is 0 Å². The van der Waals surface area contributed by atoms with E-state index in [4.69, 9.17) is 4.74 Å². The molecule has 2 nitrogen and oxygen atoms in total. The second-order valence-electron chi connectivity index (χ2n) is 7.51. The van der Waals surface area contributed by atoms with Crippen LogP contribution in [0.1, 0.15) is 98.3 Å². The lowest BCUT2D eigenvalue weighted by molar-refractivity contribution is -0.162. The molecule has 0 aliphatic heterocycles. The molecule has 118 valence electrons. The molecule has 0 bridgehead atoms. The highest BCUT2D eigenvalue weighted by Crippen LogP contribution is 2.51. The predicted octanol–water partition coefficient (Wildman–Crippen LogP) is 5.64. The molecule has 0 radical (unpaired) electrons. The van der Waals surface area contributed by atoms with Gasteiger partial charge in [0.25, 0.3) is 0 Å². The van der Waals surface area contributed by atoms with Crippen LogP contribution in [0.5, 0.6) is 0 Å². The van der Waals surface area contributed by atoms with Crippen LogP contribution in [0.2, 0.25) is 0 Å². The summed E-state index contributed by atoms with van der Waals surface area (Å²) in [6.07, 6.45) is 13.7. The van der Waals surface area contributed by atoms with Crippen molar-refractivity contribution in [3.8, 4) is 0 Å². The minimum Gasteiger partial charge on any atom is -0.460 e. The second kappa shape index (κ2) is 8.05. The smallest absolute Gasteiger partial charge is 0.312 e. The molecule has 0 saturated heterocycles. The van der Waals surface area contributed by atoms with Crippen molar-refractivity contribution in [1.29, 1.82) is 0 Å². The van der Waals surface area contributed by atoms with Crippen molar-refractivity contribution in [2.75, 3.05) is 0 Å². The zero-order valence-corrected chi connectivity index (χ0v) is 14.1. The number of esters is 1. The third-order valence-corrected chi connectivity index (χ3v) is 4.19. The van der Waals surface area contributed by atoms with E-state index in [2.05, 4.69) is 6.92 Å². The maximum atomic E-state index is 12.2. The molecule has 0 aromatic heterocycles. The summed E-state index contributed by atoms with van der Waals surface area (Å²) in [5.41, 5.74) is -0.443. The van der Waals surface area contributed by atoms with E-state index >= 15 is 0 Å². The van der Waals surface area contributed by atoms with Crippen molar-refractivity contribution in [2.24, 2.45) is 5.41 Å². The standard InChI is InChI=1S/C18H34O2/c1-5-6-7-8-9-10-11-12-13-18(14-15-18)16(19)20-17(2,3)4/h5-15H2,1-4H3. The molecule has 0 heterocycles. The van der Waals surface area contributed by atoms with Crippen LogP contribution < -0.4 is 0 Å². The van der Waals surface area contributed by atoms with Gasteiger partial charge in [0.05, 0.1) is 5.41 Å². The van der Waals surface area contributed by atoms with Crippen molar-refractivity contribution in [1.82, 2.24) is 0 Å². The average Bonchev–Trinajstić information content (AvgIpc) is 3.12. The minimum absolute atomic E-state index is 0.0490.